The molecule has 4 nitrogen and oxygen atoms in total. The molecule has 0 radical (unpaired) electrons. The van der Waals surface area contributed by atoms with Gasteiger partial charge in [0, 0.05) is 17.9 Å². The molecule has 0 fully saturated rings. The third-order valence-corrected chi connectivity index (χ3v) is 3.83. The summed E-state index contributed by atoms with van der Waals surface area (Å²) in [6, 6.07) is 1.74. The van der Waals surface area contributed by atoms with Crippen LogP contribution in [0.4, 0.5) is 5.69 Å². The van der Waals surface area contributed by atoms with Crippen LogP contribution in [0.1, 0.15) is 27.7 Å². The van der Waals surface area contributed by atoms with Crippen LogP contribution in [-0.4, -0.2) is 16.4 Å². The van der Waals surface area contributed by atoms with Crippen LogP contribution in [0.25, 0.3) is 0 Å². The summed E-state index contributed by atoms with van der Waals surface area (Å²) in [7, 11) is 0. The van der Waals surface area contributed by atoms with E-state index in [4.69, 9.17) is 5.73 Å². The minimum atomic E-state index is -0.671. The molecule has 1 heterocycles. The molecule has 1 amide bonds. The predicted octanol–water partition coefficient (Wildman–Crippen LogP) is 2.55. The van der Waals surface area contributed by atoms with Crippen molar-refractivity contribution in [2.75, 3.05) is 5.32 Å². The Bertz CT molecular complexity index is 424. The Morgan fingerprint density at radius 3 is 2.47 bits per heavy atom. The van der Waals surface area contributed by atoms with Crippen molar-refractivity contribution in [2.45, 2.75) is 33.2 Å². The number of hydrogen-bond acceptors (Lipinski definition) is 3. The number of rotatable bonds is 3. The summed E-state index contributed by atoms with van der Waals surface area (Å²) >= 11 is 3.33. The molecule has 3 N–H and O–H groups in total. The van der Waals surface area contributed by atoms with Gasteiger partial charge in [-0.25, -0.2) is 0 Å². The number of nitrogens with one attached hydrogen (secondary N) is 1. The van der Waals surface area contributed by atoms with E-state index < -0.39 is 11.0 Å². The van der Waals surface area contributed by atoms with Gasteiger partial charge >= 0.3 is 0 Å². The molecule has 5 heteroatoms. The van der Waals surface area contributed by atoms with E-state index in [1.54, 1.807) is 18.5 Å². The topological polar surface area (TPSA) is 68.0 Å². The van der Waals surface area contributed by atoms with Gasteiger partial charge in [-0.05, 0) is 49.7 Å². The molecule has 0 aliphatic heterocycles. The molecule has 0 bridgehead atoms. The van der Waals surface area contributed by atoms with Crippen LogP contribution < -0.4 is 11.1 Å². The van der Waals surface area contributed by atoms with Crippen molar-refractivity contribution in [3.05, 3.63) is 22.9 Å². The summed E-state index contributed by atoms with van der Waals surface area (Å²) in [4.78, 5) is 16.1. The van der Waals surface area contributed by atoms with E-state index >= 15 is 0 Å². The van der Waals surface area contributed by atoms with Gasteiger partial charge in [-0.3, -0.25) is 9.78 Å². The first-order valence-corrected chi connectivity index (χ1v) is 6.15. The van der Waals surface area contributed by atoms with E-state index in [-0.39, 0.29) is 5.91 Å². The van der Waals surface area contributed by atoms with Crippen LogP contribution >= 0.6 is 15.9 Å². The molecular weight excluding hydrogens is 282 g/mol. The van der Waals surface area contributed by atoms with Crippen LogP contribution in [0.5, 0.6) is 0 Å². The van der Waals surface area contributed by atoms with Gasteiger partial charge in [-0.1, -0.05) is 0 Å². The van der Waals surface area contributed by atoms with Crippen molar-refractivity contribution >= 4 is 27.5 Å². The third-order valence-electron chi connectivity index (χ3n) is 3.20. The lowest BCUT2D eigenvalue weighted by Gasteiger charge is -2.36. The summed E-state index contributed by atoms with van der Waals surface area (Å²) in [5.41, 5.74) is 5.45. The highest BCUT2D eigenvalue weighted by molar-refractivity contribution is 9.10. The van der Waals surface area contributed by atoms with E-state index in [0.717, 1.165) is 4.47 Å². The van der Waals surface area contributed by atoms with Gasteiger partial charge in [0.05, 0.1) is 15.6 Å². The van der Waals surface area contributed by atoms with Crippen LogP contribution in [0, 0.1) is 5.41 Å². The zero-order valence-corrected chi connectivity index (χ0v) is 12.1. The number of carbonyl (C=O) groups is 1. The maximum Gasteiger partial charge on any atom is 0.231 e. The van der Waals surface area contributed by atoms with Crippen LogP contribution in [0.15, 0.2) is 22.9 Å². The maximum atomic E-state index is 12.2. The van der Waals surface area contributed by atoms with Gasteiger partial charge in [-0.15, -0.1) is 0 Å². The molecule has 1 aromatic heterocycles. The zero-order valence-electron chi connectivity index (χ0n) is 10.5. The fraction of sp³-hybridized carbons (Fsp3) is 0.500. The molecular formula is C12H18BrN3O. The molecule has 0 saturated heterocycles. The molecule has 0 aliphatic rings. The molecule has 0 unspecified atom stereocenters. The molecule has 0 aliphatic carbocycles. The van der Waals surface area contributed by atoms with E-state index in [1.807, 2.05) is 27.7 Å². The number of amides is 1. The van der Waals surface area contributed by atoms with Crippen molar-refractivity contribution in [3.63, 3.8) is 0 Å². The molecule has 1 aromatic rings. The Morgan fingerprint density at radius 1 is 1.41 bits per heavy atom. The zero-order chi connectivity index (χ0) is 13.3. The first-order chi connectivity index (χ1) is 7.66. The van der Waals surface area contributed by atoms with Crippen LogP contribution in [-0.2, 0) is 4.79 Å². The van der Waals surface area contributed by atoms with Crippen molar-refractivity contribution in [1.82, 2.24) is 4.98 Å². The van der Waals surface area contributed by atoms with Gasteiger partial charge in [0.15, 0.2) is 0 Å². The number of pyridine rings is 1. The van der Waals surface area contributed by atoms with Crippen molar-refractivity contribution in [3.8, 4) is 0 Å². The number of aromatic nitrogens is 1. The van der Waals surface area contributed by atoms with Gasteiger partial charge in [-0.2, -0.15) is 0 Å². The molecule has 17 heavy (non-hydrogen) atoms. The molecule has 1 rings (SSSR count). The number of nitrogens with two attached hydrogens (primary N) is 1. The Morgan fingerprint density at radius 2 is 2.00 bits per heavy atom. The smallest absolute Gasteiger partial charge is 0.231 e. The second kappa shape index (κ2) is 4.74. The lowest BCUT2D eigenvalue weighted by Crippen LogP contribution is -2.53. The van der Waals surface area contributed by atoms with Gasteiger partial charge in [0.1, 0.15) is 0 Å². The normalized spacial score (nSPS) is 12.4. The first-order valence-electron chi connectivity index (χ1n) is 5.36. The Labute approximate surface area is 110 Å². The maximum absolute atomic E-state index is 12.2. The first kappa shape index (κ1) is 14.1. The van der Waals surface area contributed by atoms with E-state index in [9.17, 15) is 4.79 Å². The standard InChI is InChI=1S/C12H18BrN3O/c1-11(2,12(3,4)14)10(17)16-9-5-6-15-7-8(9)13/h5-7H,14H2,1-4H3,(H,15,16,17). The monoisotopic (exact) mass is 299 g/mol. The average molecular weight is 300 g/mol. The van der Waals surface area contributed by atoms with Crippen molar-refractivity contribution in [2.24, 2.45) is 11.1 Å². The summed E-state index contributed by atoms with van der Waals surface area (Å²) in [5.74, 6) is -0.114. The fourth-order valence-corrected chi connectivity index (χ4v) is 1.40. The quantitative estimate of drug-likeness (QED) is 0.901. The Kier molecular flexibility index (Phi) is 3.94. The number of carbonyl (C=O) groups excluding carboxylic acids is 1. The van der Waals surface area contributed by atoms with Crippen LogP contribution in [0.2, 0.25) is 0 Å². The third kappa shape index (κ3) is 3.04. The lowest BCUT2D eigenvalue weighted by molar-refractivity contribution is -0.126. The SMILES string of the molecule is CC(C)(N)C(C)(C)C(=O)Nc1ccncc1Br. The molecule has 0 atom stereocenters. The highest BCUT2D eigenvalue weighted by atomic mass is 79.9. The summed E-state index contributed by atoms with van der Waals surface area (Å²) < 4.78 is 0.749. The summed E-state index contributed by atoms with van der Waals surface area (Å²) in [5, 5.41) is 2.85. The highest BCUT2D eigenvalue weighted by Gasteiger charge is 2.40. The number of nitrogens with zero attached hydrogens (tertiary/aromatic N) is 1. The summed E-state index contributed by atoms with van der Waals surface area (Å²) in [6.45, 7) is 7.34. The number of halogens is 1. The second-order valence-electron chi connectivity index (χ2n) is 5.16. The van der Waals surface area contributed by atoms with Gasteiger partial charge in [0.2, 0.25) is 5.91 Å². The summed E-state index contributed by atoms with van der Waals surface area (Å²) in [6.07, 6.45) is 3.26. The van der Waals surface area contributed by atoms with E-state index in [1.165, 1.54) is 0 Å². The number of hydrogen-bond donors (Lipinski definition) is 2. The molecule has 0 aromatic carbocycles. The molecule has 0 saturated carbocycles. The second-order valence-corrected chi connectivity index (χ2v) is 6.01. The number of anilines is 1. The van der Waals surface area contributed by atoms with Crippen molar-refractivity contribution < 1.29 is 4.79 Å². The Balaban J connectivity index is 2.91. The van der Waals surface area contributed by atoms with Crippen molar-refractivity contribution in [1.29, 1.82) is 0 Å². The Hall–Kier alpha value is -0.940. The van der Waals surface area contributed by atoms with E-state index in [2.05, 4.69) is 26.2 Å². The van der Waals surface area contributed by atoms with Gasteiger partial charge in [0.25, 0.3) is 0 Å². The lowest BCUT2D eigenvalue weighted by atomic mass is 9.74. The van der Waals surface area contributed by atoms with Gasteiger partial charge < -0.3 is 11.1 Å². The fourth-order valence-electron chi connectivity index (χ4n) is 1.05. The minimum Gasteiger partial charge on any atom is -0.325 e. The highest BCUT2D eigenvalue weighted by Crippen LogP contribution is 2.31. The van der Waals surface area contributed by atoms with Crippen LogP contribution in [0.3, 0.4) is 0 Å². The average Bonchev–Trinajstić information content (AvgIpc) is 2.19. The molecule has 0 spiro atoms. The minimum absolute atomic E-state index is 0.114. The predicted molar refractivity (Wildman–Crippen MR) is 72.6 cm³/mol. The molecule has 94 valence electrons. The van der Waals surface area contributed by atoms with E-state index in [0.29, 0.717) is 5.69 Å². The largest absolute Gasteiger partial charge is 0.325 e.